The third kappa shape index (κ3) is 5.32. The van der Waals surface area contributed by atoms with E-state index in [0.29, 0.717) is 28.1 Å². The van der Waals surface area contributed by atoms with E-state index in [-0.39, 0.29) is 16.9 Å². The minimum absolute atomic E-state index is 0.0207. The Morgan fingerprint density at radius 1 is 1.24 bits per heavy atom. The summed E-state index contributed by atoms with van der Waals surface area (Å²) >= 11 is 0. The first kappa shape index (κ1) is 27.0. The number of nitrogens with one attached hydrogen (secondary N) is 1. The van der Waals surface area contributed by atoms with Crippen LogP contribution in [-0.2, 0) is 22.4 Å². The van der Waals surface area contributed by atoms with E-state index in [1.165, 1.54) is 19.2 Å². The second-order valence-electron chi connectivity index (χ2n) is 10.4. The van der Waals surface area contributed by atoms with Crippen molar-refractivity contribution in [2.24, 2.45) is 11.3 Å². The Balaban J connectivity index is 1.58. The van der Waals surface area contributed by atoms with Gasteiger partial charge in [-0.3, -0.25) is 19.9 Å². The normalized spacial score (nSPS) is 15.0. The summed E-state index contributed by atoms with van der Waals surface area (Å²) in [5, 5.41) is 14.6. The van der Waals surface area contributed by atoms with E-state index in [9.17, 15) is 19.7 Å². The first-order valence-corrected chi connectivity index (χ1v) is 12.8. The number of methoxy groups -OCH3 is 1. The number of benzene rings is 2. The molecule has 4 rings (SSSR count). The zero-order valence-corrected chi connectivity index (χ0v) is 22.4. The third-order valence-corrected chi connectivity index (χ3v) is 7.81. The topological polar surface area (TPSA) is 121 Å². The number of esters is 1. The number of anilines is 1. The lowest BCUT2D eigenvalue weighted by molar-refractivity contribution is -0.385. The van der Waals surface area contributed by atoms with Crippen molar-refractivity contribution in [3.8, 4) is 5.75 Å². The van der Waals surface area contributed by atoms with Crippen LogP contribution >= 0.6 is 0 Å². The van der Waals surface area contributed by atoms with Crippen molar-refractivity contribution in [2.45, 2.75) is 53.4 Å². The molecule has 3 aromatic rings. The van der Waals surface area contributed by atoms with Crippen molar-refractivity contribution in [3.63, 3.8) is 0 Å². The number of rotatable bonds is 8. The van der Waals surface area contributed by atoms with Gasteiger partial charge in [-0.25, -0.2) is 4.79 Å². The number of ether oxygens (including phenoxy) is 2. The Bertz CT molecular complexity index is 1420. The van der Waals surface area contributed by atoms with E-state index in [2.05, 4.69) is 26.1 Å². The molecule has 0 saturated heterocycles. The number of nitrogens with zero attached hydrogens (tertiary/aromatic N) is 2. The number of pyridine rings is 1. The molecule has 1 unspecified atom stereocenters. The van der Waals surface area contributed by atoms with Gasteiger partial charge in [0.2, 0.25) is 0 Å². The molecule has 1 heterocycles. The summed E-state index contributed by atoms with van der Waals surface area (Å²) in [6.45, 7) is 7.83. The van der Waals surface area contributed by atoms with Gasteiger partial charge in [0.05, 0.1) is 23.1 Å². The average molecular weight is 520 g/mol. The number of nitro benzene ring substituents is 1. The number of amides is 1. The SMILES string of the molecule is CCC(C)(C)C1CCc2nc3ccccc3c(C(=O)OCC(=O)Nc3cc(OC)c([N+](=O)[O-])cc3C)c2C1. The number of hydrogen-bond donors (Lipinski definition) is 1. The highest BCUT2D eigenvalue weighted by molar-refractivity contribution is 6.06. The highest BCUT2D eigenvalue weighted by atomic mass is 16.6. The Kier molecular flexibility index (Phi) is 7.66. The van der Waals surface area contributed by atoms with Crippen LogP contribution in [0.5, 0.6) is 5.75 Å². The molecule has 1 amide bonds. The molecule has 1 aromatic heterocycles. The van der Waals surface area contributed by atoms with E-state index >= 15 is 0 Å². The van der Waals surface area contributed by atoms with E-state index in [1.54, 1.807) is 6.92 Å². The summed E-state index contributed by atoms with van der Waals surface area (Å²) in [5.41, 5.74) is 3.76. The molecule has 2 aromatic carbocycles. The van der Waals surface area contributed by atoms with Gasteiger partial charge in [-0.2, -0.15) is 0 Å². The lowest BCUT2D eigenvalue weighted by Crippen LogP contribution is -2.31. The molecule has 0 spiro atoms. The van der Waals surface area contributed by atoms with Crippen LogP contribution in [0.1, 0.15) is 60.8 Å². The molecule has 0 saturated carbocycles. The monoisotopic (exact) mass is 519 g/mol. The maximum atomic E-state index is 13.5. The molecule has 1 aliphatic carbocycles. The van der Waals surface area contributed by atoms with Gasteiger partial charge in [-0.1, -0.05) is 45.4 Å². The summed E-state index contributed by atoms with van der Waals surface area (Å²) in [6.07, 6.45) is 3.55. The third-order valence-electron chi connectivity index (χ3n) is 7.81. The fraction of sp³-hybridized carbons (Fsp3) is 0.414. The molecule has 0 aliphatic heterocycles. The minimum atomic E-state index is -0.567. The Morgan fingerprint density at radius 2 is 1.97 bits per heavy atom. The standard InChI is InChI=1S/C29H33N3O6/c1-6-29(3,4)18-11-12-22-20(14-18)27(19-9-7-8-10-21(19)30-22)28(34)38-16-26(33)31-23-15-25(37-5)24(32(35)36)13-17(23)2/h7-10,13,15,18H,6,11-12,14,16H2,1-5H3,(H,31,33). The van der Waals surface area contributed by atoms with Crippen LogP contribution in [0.4, 0.5) is 11.4 Å². The van der Waals surface area contributed by atoms with E-state index < -0.39 is 23.4 Å². The van der Waals surface area contributed by atoms with Gasteiger partial charge in [0.15, 0.2) is 12.4 Å². The first-order chi connectivity index (χ1) is 18.1. The van der Waals surface area contributed by atoms with Crippen molar-refractivity contribution in [3.05, 3.63) is 68.9 Å². The fourth-order valence-corrected chi connectivity index (χ4v) is 5.08. The molecule has 200 valence electrons. The lowest BCUT2D eigenvalue weighted by atomic mass is 9.68. The number of para-hydroxylation sites is 1. The summed E-state index contributed by atoms with van der Waals surface area (Å²) < 4.78 is 10.6. The van der Waals surface area contributed by atoms with Gasteiger partial charge in [0.25, 0.3) is 5.91 Å². The molecule has 0 fully saturated rings. The van der Waals surface area contributed by atoms with Crippen LogP contribution in [0.2, 0.25) is 0 Å². The van der Waals surface area contributed by atoms with Gasteiger partial charge >= 0.3 is 11.7 Å². The van der Waals surface area contributed by atoms with Crippen LogP contribution in [0.15, 0.2) is 36.4 Å². The zero-order chi connectivity index (χ0) is 27.6. The molecular weight excluding hydrogens is 486 g/mol. The summed E-state index contributed by atoms with van der Waals surface area (Å²) in [7, 11) is 1.32. The highest BCUT2D eigenvalue weighted by Gasteiger charge is 2.34. The van der Waals surface area contributed by atoms with E-state index in [1.807, 2.05) is 24.3 Å². The average Bonchev–Trinajstić information content (AvgIpc) is 2.90. The van der Waals surface area contributed by atoms with Gasteiger partial charge in [0, 0.05) is 28.9 Å². The number of aryl methyl sites for hydroxylation is 2. The van der Waals surface area contributed by atoms with Crippen LogP contribution in [0, 0.1) is 28.4 Å². The molecule has 38 heavy (non-hydrogen) atoms. The van der Waals surface area contributed by atoms with Crippen LogP contribution < -0.4 is 10.1 Å². The summed E-state index contributed by atoms with van der Waals surface area (Å²) in [4.78, 5) is 41.7. The summed E-state index contributed by atoms with van der Waals surface area (Å²) in [6, 6.07) is 10.2. The molecule has 0 bridgehead atoms. The summed E-state index contributed by atoms with van der Waals surface area (Å²) in [5.74, 6) is -0.706. The Hall–Kier alpha value is -4.01. The predicted molar refractivity (Wildman–Crippen MR) is 145 cm³/mol. The molecule has 0 radical (unpaired) electrons. The number of fused-ring (bicyclic) bond motifs is 2. The second kappa shape index (κ2) is 10.8. The molecule has 9 nitrogen and oxygen atoms in total. The molecule has 1 atom stereocenters. The number of aromatic nitrogens is 1. The lowest BCUT2D eigenvalue weighted by Gasteiger charge is -2.37. The van der Waals surface area contributed by atoms with Crippen molar-refractivity contribution in [1.29, 1.82) is 0 Å². The maximum Gasteiger partial charge on any atom is 0.339 e. The largest absolute Gasteiger partial charge is 0.490 e. The Morgan fingerprint density at radius 3 is 2.66 bits per heavy atom. The van der Waals surface area contributed by atoms with Crippen molar-refractivity contribution < 1.29 is 24.0 Å². The van der Waals surface area contributed by atoms with Gasteiger partial charge in [-0.15, -0.1) is 0 Å². The first-order valence-electron chi connectivity index (χ1n) is 12.8. The van der Waals surface area contributed by atoms with Crippen molar-refractivity contribution >= 4 is 34.2 Å². The molecule has 1 aliphatic rings. The quantitative estimate of drug-likeness (QED) is 0.227. The highest BCUT2D eigenvalue weighted by Crippen LogP contribution is 2.41. The van der Waals surface area contributed by atoms with Gasteiger partial charge in [-0.05, 0) is 54.7 Å². The van der Waals surface area contributed by atoms with Crippen LogP contribution in [0.3, 0.4) is 0 Å². The fourth-order valence-electron chi connectivity index (χ4n) is 5.08. The predicted octanol–water partition coefficient (Wildman–Crippen LogP) is 5.80. The maximum absolute atomic E-state index is 13.5. The zero-order valence-electron chi connectivity index (χ0n) is 22.4. The van der Waals surface area contributed by atoms with Gasteiger partial charge < -0.3 is 14.8 Å². The number of hydrogen-bond acceptors (Lipinski definition) is 7. The smallest absolute Gasteiger partial charge is 0.339 e. The molecule has 1 N–H and O–H groups in total. The number of carbonyl (C=O) groups is 2. The second-order valence-corrected chi connectivity index (χ2v) is 10.4. The van der Waals surface area contributed by atoms with Crippen molar-refractivity contribution in [1.82, 2.24) is 4.98 Å². The van der Waals surface area contributed by atoms with Crippen LogP contribution in [-0.4, -0.2) is 35.5 Å². The van der Waals surface area contributed by atoms with E-state index in [4.69, 9.17) is 14.5 Å². The molecular formula is C29H33N3O6. The van der Waals surface area contributed by atoms with E-state index in [0.717, 1.165) is 42.5 Å². The minimum Gasteiger partial charge on any atom is -0.490 e. The van der Waals surface area contributed by atoms with Gasteiger partial charge in [0.1, 0.15) is 0 Å². The number of carbonyl (C=O) groups excluding carboxylic acids is 2. The Labute approximate surface area is 221 Å². The molecule has 9 heteroatoms. The van der Waals surface area contributed by atoms with Crippen molar-refractivity contribution in [2.75, 3.05) is 19.0 Å². The number of nitro groups is 1. The van der Waals surface area contributed by atoms with Crippen LogP contribution in [0.25, 0.3) is 10.9 Å².